The van der Waals surface area contributed by atoms with Gasteiger partial charge in [0.05, 0.1) is 0 Å². The fourth-order valence-corrected chi connectivity index (χ4v) is 3.38. The van der Waals surface area contributed by atoms with E-state index >= 15 is 0 Å². The summed E-state index contributed by atoms with van der Waals surface area (Å²) in [6.07, 6.45) is 6.04. The highest BCUT2D eigenvalue weighted by atomic mass is 14.6. The Bertz CT molecular complexity index is 668. The molecule has 1 unspecified atom stereocenters. The molecule has 0 radical (unpaired) electrons. The highest BCUT2D eigenvalue weighted by Gasteiger charge is 2.19. The lowest BCUT2D eigenvalue weighted by Gasteiger charge is -2.24. The molecule has 1 atom stereocenters. The Labute approximate surface area is 127 Å². The van der Waals surface area contributed by atoms with Crippen LogP contribution in [0, 0.1) is 13.8 Å². The van der Waals surface area contributed by atoms with Gasteiger partial charge in [0.2, 0.25) is 0 Å². The number of nitrogens with two attached hydrogens (primary N) is 1. The van der Waals surface area contributed by atoms with Crippen LogP contribution >= 0.6 is 0 Å². The lowest BCUT2D eigenvalue weighted by atomic mass is 9.82. The number of benzene rings is 2. The summed E-state index contributed by atoms with van der Waals surface area (Å²) in [4.78, 5) is 0. The predicted molar refractivity (Wildman–Crippen MR) is 91.3 cm³/mol. The molecule has 0 saturated heterocycles. The van der Waals surface area contributed by atoms with Crippen LogP contribution in [0.3, 0.4) is 0 Å². The minimum atomic E-state index is 0.451. The lowest BCUT2D eigenvalue weighted by molar-refractivity contribution is 0.664. The Kier molecular flexibility index (Phi) is 3.83. The third-order valence-electron chi connectivity index (χ3n) is 4.47. The van der Waals surface area contributed by atoms with Crippen molar-refractivity contribution in [3.05, 3.63) is 70.8 Å². The average Bonchev–Trinajstić information content (AvgIpc) is 2.52. The first-order valence-electron chi connectivity index (χ1n) is 7.78. The van der Waals surface area contributed by atoms with Crippen molar-refractivity contribution < 1.29 is 0 Å². The summed E-state index contributed by atoms with van der Waals surface area (Å²) in [6, 6.07) is 15.2. The van der Waals surface area contributed by atoms with Crippen molar-refractivity contribution in [2.45, 2.75) is 39.0 Å². The Balaban J connectivity index is 2.00. The lowest BCUT2D eigenvalue weighted by Crippen LogP contribution is -2.07. The molecule has 0 aliphatic heterocycles. The Morgan fingerprint density at radius 1 is 1.05 bits per heavy atom. The molecule has 0 heterocycles. The van der Waals surface area contributed by atoms with Gasteiger partial charge in [-0.25, -0.2) is 0 Å². The highest BCUT2D eigenvalue weighted by molar-refractivity contribution is 5.69. The first-order chi connectivity index (χ1) is 10.1. The minimum absolute atomic E-state index is 0.451. The molecule has 108 valence electrons. The summed E-state index contributed by atoms with van der Waals surface area (Å²) >= 11 is 0. The van der Waals surface area contributed by atoms with E-state index in [2.05, 4.69) is 62.4 Å². The van der Waals surface area contributed by atoms with E-state index in [0.717, 1.165) is 5.69 Å². The predicted octanol–water partition coefficient (Wildman–Crippen LogP) is 5.24. The van der Waals surface area contributed by atoms with Crippen LogP contribution < -0.4 is 5.73 Å². The van der Waals surface area contributed by atoms with Crippen LogP contribution in [0.4, 0.5) is 5.69 Å². The summed E-state index contributed by atoms with van der Waals surface area (Å²) in [5.74, 6) is 0.451. The third kappa shape index (κ3) is 2.87. The smallest absolute Gasteiger partial charge is 0.0382 e. The molecule has 1 aliphatic carbocycles. The first kappa shape index (κ1) is 13.9. The second kappa shape index (κ2) is 5.77. The number of anilines is 1. The van der Waals surface area contributed by atoms with Gasteiger partial charge in [0.15, 0.2) is 0 Å². The fraction of sp³-hybridized carbons (Fsp3) is 0.300. The molecule has 0 amide bonds. The molecule has 0 spiro atoms. The average molecular weight is 277 g/mol. The van der Waals surface area contributed by atoms with E-state index in [1.54, 1.807) is 0 Å². The molecule has 3 rings (SSSR count). The van der Waals surface area contributed by atoms with Crippen molar-refractivity contribution in [2.75, 3.05) is 5.73 Å². The van der Waals surface area contributed by atoms with Crippen LogP contribution in [0.15, 0.2) is 48.5 Å². The molecule has 21 heavy (non-hydrogen) atoms. The maximum atomic E-state index is 6.34. The molecule has 0 fully saturated rings. The molecular weight excluding hydrogens is 254 g/mol. The molecule has 0 aromatic heterocycles. The second-order valence-electron chi connectivity index (χ2n) is 6.14. The van der Waals surface area contributed by atoms with Crippen molar-refractivity contribution in [3.8, 4) is 0 Å². The topological polar surface area (TPSA) is 26.0 Å². The van der Waals surface area contributed by atoms with Crippen molar-refractivity contribution in [1.82, 2.24) is 0 Å². The number of aryl methyl sites for hydroxylation is 2. The number of allylic oxidation sites excluding steroid dienone is 2. The maximum Gasteiger partial charge on any atom is 0.0382 e. The normalized spacial score (nSPS) is 18.4. The SMILES string of the molecule is Cc1cc(C)c(N)c(C2C=C(c3ccccc3)CCC2)c1. The van der Waals surface area contributed by atoms with Crippen LogP contribution in [0.5, 0.6) is 0 Å². The Hall–Kier alpha value is -2.02. The van der Waals surface area contributed by atoms with Gasteiger partial charge in [-0.15, -0.1) is 0 Å². The molecule has 2 N–H and O–H groups in total. The Morgan fingerprint density at radius 3 is 2.57 bits per heavy atom. The highest BCUT2D eigenvalue weighted by Crippen LogP contribution is 2.38. The van der Waals surface area contributed by atoms with Gasteiger partial charge in [0.25, 0.3) is 0 Å². The van der Waals surface area contributed by atoms with Gasteiger partial charge in [0.1, 0.15) is 0 Å². The second-order valence-corrected chi connectivity index (χ2v) is 6.14. The summed E-state index contributed by atoms with van der Waals surface area (Å²) in [7, 11) is 0. The van der Waals surface area contributed by atoms with Crippen LogP contribution in [-0.4, -0.2) is 0 Å². The number of nitrogen functional groups attached to an aromatic ring is 1. The van der Waals surface area contributed by atoms with E-state index in [-0.39, 0.29) is 0 Å². The van der Waals surface area contributed by atoms with E-state index in [9.17, 15) is 0 Å². The summed E-state index contributed by atoms with van der Waals surface area (Å²) in [5.41, 5.74) is 13.9. The van der Waals surface area contributed by atoms with E-state index in [1.807, 2.05) is 0 Å². The van der Waals surface area contributed by atoms with Crippen molar-refractivity contribution in [2.24, 2.45) is 0 Å². The van der Waals surface area contributed by atoms with E-state index in [0.29, 0.717) is 5.92 Å². The van der Waals surface area contributed by atoms with Crippen LogP contribution in [-0.2, 0) is 0 Å². The standard InChI is InChI=1S/C20H23N/c1-14-11-15(2)20(21)19(12-14)18-10-6-9-17(13-18)16-7-4-3-5-8-16/h3-5,7-8,11-13,18H,6,9-10,21H2,1-2H3. The molecule has 1 aliphatic rings. The van der Waals surface area contributed by atoms with Crippen molar-refractivity contribution in [3.63, 3.8) is 0 Å². The number of hydrogen-bond acceptors (Lipinski definition) is 1. The zero-order valence-corrected chi connectivity index (χ0v) is 12.9. The fourth-order valence-electron chi connectivity index (χ4n) is 3.38. The summed E-state index contributed by atoms with van der Waals surface area (Å²) in [5, 5.41) is 0. The van der Waals surface area contributed by atoms with Crippen LogP contribution in [0.25, 0.3) is 5.57 Å². The molecule has 2 aromatic carbocycles. The van der Waals surface area contributed by atoms with Gasteiger partial charge in [-0.05, 0) is 55.4 Å². The molecule has 1 nitrogen and oxygen atoms in total. The first-order valence-corrected chi connectivity index (χ1v) is 7.78. The molecule has 0 bridgehead atoms. The molecule has 2 aromatic rings. The molecule has 0 saturated carbocycles. The van der Waals surface area contributed by atoms with Gasteiger partial charge in [0, 0.05) is 11.6 Å². The maximum absolute atomic E-state index is 6.34. The minimum Gasteiger partial charge on any atom is -0.398 e. The van der Waals surface area contributed by atoms with Gasteiger partial charge in [-0.3, -0.25) is 0 Å². The quantitative estimate of drug-likeness (QED) is 0.747. The molecular formula is C20H23N. The van der Waals surface area contributed by atoms with Gasteiger partial charge < -0.3 is 5.73 Å². The number of rotatable bonds is 2. The van der Waals surface area contributed by atoms with Crippen LogP contribution in [0.1, 0.15) is 47.4 Å². The largest absolute Gasteiger partial charge is 0.398 e. The van der Waals surface area contributed by atoms with E-state index in [4.69, 9.17) is 5.73 Å². The van der Waals surface area contributed by atoms with Crippen LogP contribution in [0.2, 0.25) is 0 Å². The zero-order valence-electron chi connectivity index (χ0n) is 12.9. The van der Waals surface area contributed by atoms with E-state index < -0.39 is 0 Å². The monoisotopic (exact) mass is 277 g/mol. The third-order valence-corrected chi connectivity index (χ3v) is 4.47. The summed E-state index contributed by atoms with van der Waals surface area (Å²) < 4.78 is 0. The zero-order chi connectivity index (χ0) is 14.8. The van der Waals surface area contributed by atoms with Gasteiger partial charge in [-0.2, -0.15) is 0 Å². The number of hydrogen-bond donors (Lipinski definition) is 1. The van der Waals surface area contributed by atoms with Gasteiger partial charge >= 0.3 is 0 Å². The van der Waals surface area contributed by atoms with Crippen molar-refractivity contribution >= 4 is 11.3 Å². The van der Waals surface area contributed by atoms with Gasteiger partial charge in [-0.1, -0.05) is 54.1 Å². The summed E-state index contributed by atoms with van der Waals surface area (Å²) in [6.45, 7) is 4.26. The molecule has 1 heteroatoms. The van der Waals surface area contributed by atoms with Crippen molar-refractivity contribution in [1.29, 1.82) is 0 Å². The van der Waals surface area contributed by atoms with E-state index in [1.165, 1.54) is 47.1 Å². The Morgan fingerprint density at radius 2 is 1.81 bits per heavy atom.